The van der Waals surface area contributed by atoms with E-state index in [-0.39, 0.29) is 12.4 Å². The first-order chi connectivity index (χ1) is 18.1. The van der Waals surface area contributed by atoms with Crippen molar-refractivity contribution in [3.63, 3.8) is 0 Å². The van der Waals surface area contributed by atoms with E-state index < -0.39 is 0 Å². The lowest BCUT2D eigenvalue weighted by atomic mass is 9.98. The average molecular weight is 499 g/mol. The van der Waals surface area contributed by atoms with E-state index in [2.05, 4.69) is 29.6 Å². The molecule has 3 aromatic carbocycles. The average Bonchev–Trinajstić information content (AvgIpc) is 3.65. The molecule has 3 N–H and O–H groups in total. The lowest BCUT2D eigenvalue weighted by Crippen LogP contribution is -2.16. The molecule has 4 aromatic rings. The van der Waals surface area contributed by atoms with Crippen LogP contribution in [0.15, 0.2) is 71.3 Å². The van der Waals surface area contributed by atoms with Gasteiger partial charge in [0.05, 0.1) is 19.3 Å². The molecule has 0 saturated heterocycles. The molecule has 192 valence electrons. The van der Waals surface area contributed by atoms with Gasteiger partial charge in [0.2, 0.25) is 0 Å². The van der Waals surface area contributed by atoms with Gasteiger partial charge in [0, 0.05) is 35.2 Å². The van der Waals surface area contributed by atoms with Gasteiger partial charge in [0.25, 0.3) is 0 Å². The summed E-state index contributed by atoms with van der Waals surface area (Å²) in [5, 5.41) is 4.63. The highest BCUT2D eigenvalue weighted by Gasteiger charge is 2.21. The Morgan fingerprint density at radius 2 is 1.89 bits per heavy atom. The van der Waals surface area contributed by atoms with E-state index in [1.165, 1.54) is 12.8 Å². The van der Waals surface area contributed by atoms with Gasteiger partial charge < -0.3 is 24.9 Å². The number of esters is 1. The molecular formula is C31H34N2O4. The monoisotopic (exact) mass is 498 g/mol. The Labute approximate surface area is 217 Å². The van der Waals surface area contributed by atoms with Crippen molar-refractivity contribution in [2.45, 2.75) is 45.9 Å². The summed E-state index contributed by atoms with van der Waals surface area (Å²) in [6, 6.07) is 20.3. The normalized spacial score (nSPS) is 13.1. The van der Waals surface area contributed by atoms with E-state index in [0.717, 1.165) is 63.4 Å². The summed E-state index contributed by atoms with van der Waals surface area (Å²) in [4.78, 5) is 12.1. The molecule has 1 saturated carbocycles. The third kappa shape index (κ3) is 6.21. The van der Waals surface area contributed by atoms with Gasteiger partial charge in [-0.15, -0.1) is 0 Å². The van der Waals surface area contributed by atoms with Crippen molar-refractivity contribution in [3.8, 4) is 16.9 Å². The zero-order valence-corrected chi connectivity index (χ0v) is 21.3. The molecule has 0 radical (unpaired) electrons. The van der Waals surface area contributed by atoms with Gasteiger partial charge in [-0.2, -0.15) is 0 Å². The number of carbonyl (C=O) groups excluding carboxylic acids is 1. The first-order valence-electron chi connectivity index (χ1n) is 13.0. The number of benzene rings is 3. The fourth-order valence-electron chi connectivity index (χ4n) is 4.59. The summed E-state index contributed by atoms with van der Waals surface area (Å²) < 4.78 is 17.4. The second-order valence-electron chi connectivity index (χ2n) is 9.63. The Morgan fingerprint density at radius 3 is 2.70 bits per heavy atom. The second-order valence-corrected chi connectivity index (χ2v) is 9.63. The largest absolute Gasteiger partial charge is 0.488 e. The number of fused-ring (bicyclic) bond motifs is 1. The number of nitrogens with two attached hydrogens (primary N) is 1. The van der Waals surface area contributed by atoms with Gasteiger partial charge in [-0.25, -0.2) is 0 Å². The number of rotatable bonds is 12. The van der Waals surface area contributed by atoms with Crippen molar-refractivity contribution in [1.82, 2.24) is 5.32 Å². The summed E-state index contributed by atoms with van der Waals surface area (Å²) in [6.07, 6.45) is 4.58. The minimum Gasteiger partial charge on any atom is -0.488 e. The fraction of sp³-hybridized carbons (Fsp3) is 0.323. The van der Waals surface area contributed by atoms with Crippen molar-refractivity contribution in [2.75, 3.05) is 13.2 Å². The van der Waals surface area contributed by atoms with Crippen LogP contribution >= 0.6 is 0 Å². The minimum absolute atomic E-state index is 0.175. The fourth-order valence-corrected chi connectivity index (χ4v) is 4.59. The number of hydrogen-bond donors (Lipinski definition) is 2. The topological polar surface area (TPSA) is 86.7 Å². The Kier molecular flexibility index (Phi) is 7.87. The summed E-state index contributed by atoms with van der Waals surface area (Å²) in [7, 11) is 0. The maximum absolute atomic E-state index is 12.1. The Hall–Kier alpha value is -3.61. The van der Waals surface area contributed by atoms with E-state index in [0.29, 0.717) is 25.5 Å². The Bertz CT molecular complexity index is 1370. The number of ether oxygens (including phenoxy) is 2. The van der Waals surface area contributed by atoms with Gasteiger partial charge in [-0.3, -0.25) is 4.79 Å². The third-order valence-electron chi connectivity index (χ3n) is 6.77. The zero-order valence-electron chi connectivity index (χ0n) is 21.3. The third-order valence-corrected chi connectivity index (χ3v) is 6.77. The predicted octanol–water partition coefficient (Wildman–Crippen LogP) is 5.74. The molecule has 0 amide bonds. The van der Waals surface area contributed by atoms with E-state index in [1.54, 1.807) is 13.2 Å². The molecule has 0 atom stereocenters. The number of hydrogen-bond acceptors (Lipinski definition) is 6. The Balaban J connectivity index is 1.43. The first kappa shape index (κ1) is 25.1. The Morgan fingerprint density at radius 1 is 1.03 bits per heavy atom. The van der Waals surface area contributed by atoms with Crippen LogP contribution in [-0.4, -0.2) is 19.1 Å². The molecule has 1 aliphatic rings. The van der Waals surface area contributed by atoms with Crippen molar-refractivity contribution in [3.05, 3.63) is 89.2 Å². The van der Waals surface area contributed by atoms with Gasteiger partial charge in [0.15, 0.2) is 0 Å². The maximum atomic E-state index is 12.1. The highest BCUT2D eigenvalue weighted by Crippen LogP contribution is 2.33. The van der Waals surface area contributed by atoms with E-state index in [1.807, 2.05) is 36.4 Å². The molecule has 1 fully saturated rings. The summed E-state index contributed by atoms with van der Waals surface area (Å²) in [5.41, 5.74) is 13.0. The number of carbonyl (C=O) groups is 1. The SMILES string of the molecule is CCOC(=O)Cc1ccccc1OCc1coc2c(CNCC3CC3)cc(-c3cccc(CN)c3)cc12. The van der Waals surface area contributed by atoms with Crippen LogP contribution < -0.4 is 15.8 Å². The maximum Gasteiger partial charge on any atom is 0.310 e. The summed E-state index contributed by atoms with van der Waals surface area (Å²) >= 11 is 0. The molecule has 0 spiro atoms. The van der Waals surface area contributed by atoms with Crippen LogP contribution in [0.2, 0.25) is 0 Å². The molecule has 1 aliphatic carbocycles. The van der Waals surface area contributed by atoms with Crippen molar-refractivity contribution < 1.29 is 18.7 Å². The molecule has 37 heavy (non-hydrogen) atoms. The molecule has 5 rings (SSSR count). The molecule has 1 heterocycles. The van der Waals surface area contributed by atoms with Crippen molar-refractivity contribution in [2.24, 2.45) is 11.7 Å². The first-order valence-corrected chi connectivity index (χ1v) is 13.0. The van der Waals surface area contributed by atoms with E-state index in [4.69, 9.17) is 19.6 Å². The van der Waals surface area contributed by atoms with Gasteiger partial charge in [0.1, 0.15) is 17.9 Å². The van der Waals surface area contributed by atoms with Crippen LogP contribution in [0, 0.1) is 5.92 Å². The number of nitrogens with one attached hydrogen (secondary N) is 1. The van der Waals surface area contributed by atoms with Crippen LogP contribution in [-0.2, 0) is 35.6 Å². The van der Waals surface area contributed by atoms with Crippen LogP contribution in [0.1, 0.15) is 42.0 Å². The highest BCUT2D eigenvalue weighted by atomic mass is 16.5. The zero-order chi connectivity index (χ0) is 25.6. The van der Waals surface area contributed by atoms with E-state index in [9.17, 15) is 4.79 Å². The lowest BCUT2D eigenvalue weighted by molar-refractivity contribution is -0.142. The number of para-hydroxylation sites is 1. The molecular weight excluding hydrogens is 464 g/mol. The van der Waals surface area contributed by atoms with Crippen molar-refractivity contribution >= 4 is 16.9 Å². The molecule has 0 bridgehead atoms. The van der Waals surface area contributed by atoms with Crippen LogP contribution in [0.3, 0.4) is 0 Å². The van der Waals surface area contributed by atoms with E-state index >= 15 is 0 Å². The molecule has 0 unspecified atom stereocenters. The second kappa shape index (κ2) is 11.6. The minimum atomic E-state index is -0.264. The van der Waals surface area contributed by atoms with Crippen LogP contribution in [0.5, 0.6) is 5.75 Å². The molecule has 6 heteroatoms. The van der Waals surface area contributed by atoms with Gasteiger partial charge in [-0.05, 0) is 73.2 Å². The molecule has 6 nitrogen and oxygen atoms in total. The summed E-state index contributed by atoms with van der Waals surface area (Å²) in [6.45, 7) is 4.77. The van der Waals surface area contributed by atoms with Crippen LogP contribution in [0.4, 0.5) is 0 Å². The van der Waals surface area contributed by atoms with Crippen molar-refractivity contribution in [1.29, 1.82) is 0 Å². The predicted molar refractivity (Wildman–Crippen MR) is 145 cm³/mol. The molecule has 0 aliphatic heterocycles. The highest BCUT2D eigenvalue weighted by molar-refractivity contribution is 5.89. The lowest BCUT2D eigenvalue weighted by Gasteiger charge is -2.12. The quantitative estimate of drug-likeness (QED) is 0.242. The van der Waals surface area contributed by atoms with Crippen LogP contribution in [0.25, 0.3) is 22.1 Å². The van der Waals surface area contributed by atoms with Gasteiger partial charge >= 0.3 is 5.97 Å². The summed E-state index contributed by atoms with van der Waals surface area (Å²) in [5.74, 6) is 1.21. The number of furan rings is 1. The van der Waals surface area contributed by atoms with Gasteiger partial charge in [-0.1, -0.05) is 36.4 Å². The standard InChI is InChI=1S/C31H34N2O4/c1-2-35-30(34)15-24-7-3-4-9-29(24)36-19-27-20-37-31-26(18-33-17-21-10-11-21)13-25(14-28(27)31)23-8-5-6-22(12-23)16-32/h3-9,12-14,20-21,33H,2,10-11,15-19,32H2,1H3. The smallest absolute Gasteiger partial charge is 0.310 e. The molecule has 1 aromatic heterocycles.